The van der Waals surface area contributed by atoms with E-state index >= 15 is 0 Å². The van der Waals surface area contributed by atoms with Crippen LogP contribution >= 0.6 is 7.60 Å². The van der Waals surface area contributed by atoms with Gasteiger partial charge < -0.3 is 17.8 Å². The van der Waals surface area contributed by atoms with Crippen LogP contribution in [-0.2, 0) is 13.6 Å². The molecule has 0 unspecified atom stereocenters. The summed E-state index contributed by atoms with van der Waals surface area (Å²) in [7, 11) is -4.32. The second kappa shape index (κ2) is 6.98. The van der Waals surface area contributed by atoms with Crippen LogP contribution in [0.1, 0.15) is 27.7 Å². The van der Waals surface area contributed by atoms with Crippen LogP contribution in [0.15, 0.2) is 0 Å². The van der Waals surface area contributed by atoms with Gasteiger partial charge in [-0.1, -0.05) is 0 Å². The quantitative estimate of drug-likeness (QED) is 0.384. The number of halogens is 2. The number of rotatable bonds is 5. The molecule has 0 amide bonds. The molecule has 0 aromatic carbocycles. The first-order chi connectivity index (χ1) is 5.78. The van der Waals surface area contributed by atoms with Gasteiger partial charge in [0.25, 0.3) is 0 Å². The molecule has 0 saturated carbocycles. The Hall–Kier alpha value is 0.607. The fraction of sp³-hybridized carbons (Fsp3) is 0.857. The SMILES string of the molecule is CC(C)OP(=O)(OC(C)C)[C-](F)F.[Li+]. The normalized spacial score (nSPS) is 12.4. The molecule has 0 saturated heterocycles. The average Bonchev–Trinajstić information content (AvgIpc) is 1.82. The summed E-state index contributed by atoms with van der Waals surface area (Å²) >= 11 is 0. The molecule has 80 valence electrons. The largest absolute Gasteiger partial charge is 1.00 e. The van der Waals surface area contributed by atoms with Gasteiger partial charge in [0.15, 0.2) is 0 Å². The van der Waals surface area contributed by atoms with Gasteiger partial charge in [0, 0.05) is 0 Å². The molecule has 0 aromatic heterocycles. The topological polar surface area (TPSA) is 35.5 Å². The van der Waals surface area contributed by atoms with Gasteiger partial charge in [-0.25, -0.2) is 0 Å². The summed E-state index contributed by atoms with van der Waals surface area (Å²) in [5.41, 5.74) is 0. The van der Waals surface area contributed by atoms with Crippen molar-refractivity contribution in [2.75, 3.05) is 0 Å². The molecular formula is C7H14F2LiO3P. The van der Waals surface area contributed by atoms with E-state index in [0.717, 1.165) is 0 Å². The van der Waals surface area contributed by atoms with Crippen molar-refractivity contribution in [3.8, 4) is 0 Å². The van der Waals surface area contributed by atoms with Crippen molar-refractivity contribution < 1.29 is 41.3 Å². The minimum absolute atomic E-state index is 0. The standard InChI is InChI=1S/C7H14F2O3P.Li/c1-5(2)11-13(10,7(8)9)12-6(3)4;/h5-6H,1-4H3;/q-1;+1. The van der Waals surface area contributed by atoms with Crippen LogP contribution in [-0.4, -0.2) is 12.2 Å². The van der Waals surface area contributed by atoms with Crippen molar-refractivity contribution in [1.82, 2.24) is 0 Å². The van der Waals surface area contributed by atoms with Gasteiger partial charge in [-0.15, -0.1) is 0 Å². The maximum atomic E-state index is 12.2. The zero-order chi connectivity index (χ0) is 10.6. The first-order valence-electron chi connectivity index (χ1n) is 3.93. The summed E-state index contributed by atoms with van der Waals surface area (Å²) in [6, 6.07) is 0. The predicted molar refractivity (Wildman–Crippen MR) is 45.5 cm³/mol. The zero-order valence-electron chi connectivity index (χ0n) is 9.08. The molecule has 0 aliphatic heterocycles. The second-order valence-electron chi connectivity index (χ2n) is 3.05. The summed E-state index contributed by atoms with van der Waals surface area (Å²) in [5, 5.41) is 0. The van der Waals surface area contributed by atoms with E-state index < -0.39 is 26.0 Å². The Bertz CT molecular complexity index is 185. The number of hydrogen-bond acceptors (Lipinski definition) is 3. The van der Waals surface area contributed by atoms with Crippen molar-refractivity contribution in [3.05, 3.63) is 6.17 Å². The van der Waals surface area contributed by atoms with Gasteiger partial charge in [-0.2, -0.15) is 0 Å². The van der Waals surface area contributed by atoms with Crippen molar-refractivity contribution in [1.29, 1.82) is 0 Å². The van der Waals surface area contributed by atoms with Crippen LogP contribution in [0.5, 0.6) is 0 Å². The van der Waals surface area contributed by atoms with E-state index in [-0.39, 0.29) is 18.9 Å². The van der Waals surface area contributed by atoms with Crippen molar-refractivity contribution in [3.63, 3.8) is 0 Å². The minimum Gasteiger partial charge on any atom is -0.408 e. The van der Waals surface area contributed by atoms with Crippen LogP contribution in [0.3, 0.4) is 0 Å². The smallest absolute Gasteiger partial charge is 0.408 e. The van der Waals surface area contributed by atoms with Crippen LogP contribution in [0, 0.1) is 6.17 Å². The Kier molecular flexibility index (Phi) is 8.48. The second-order valence-corrected chi connectivity index (χ2v) is 4.80. The zero-order valence-corrected chi connectivity index (χ0v) is 9.98. The summed E-state index contributed by atoms with van der Waals surface area (Å²) < 4.78 is 44.8. The molecule has 0 aliphatic rings. The molecule has 0 bridgehead atoms. The molecule has 14 heavy (non-hydrogen) atoms. The third-order valence-electron chi connectivity index (χ3n) is 0.906. The van der Waals surface area contributed by atoms with Gasteiger partial charge in [-0.3, -0.25) is 4.57 Å². The van der Waals surface area contributed by atoms with E-state index in [9.17, 15) is 13.3 Å². The maximum absolute atomic E-state index is 12.2. The Morgan fingerprint density at radius 2 is 1.36 bits per heavy atom. The molecule has 0 aromatic rings. The fourth-order valence-corrected chi connectivity index (χ4v) is 1.98. The Morgan fingerprint density at radius 1 is 1.07 bits per heavy atom. The molecule has 0 aliphatic carbocycles. The van der Waals surface area contributed by atoms with Crippen molar-refractivity contribution >= 4 is 7.60 Å². The van der Waals surface area contributed by atoms with Gasteiger partial charge in [-0.05, 0) is 27.7 Å². The van der Waals surface area contributed by atoms with E-state index in [1.54, 1.807) is 0 Å². The molecule has 0 heterocycles. The molecule has 7 heteroatoms. The number of hydrogen-bond donors (Lipinski definition) is 0. The Labute approximate surface area is 95.2 Å². The molecule has 0 radical (unpaired) electrons. The van der Waals surface area contributed by atoms with E-state index in [2.05, 4.69) is 9.05 Å². The molecule has 0 rings (SSSR count). The van der Waals surface area contributed by atoms with Gasteiger partial charge in [0.05, 0.1) is 12.2 Å². The van der Waals surface area contributed by atoms with Gasteiger partial charge in [0.1, 0.15) is 6.17 Å². The molecule has 0 fully saturated rings. The third kappa shape index (κ3) is 6.16. The van der Waals surface area contributed by atoms with Gasteiger partial charge >= 0.3 is 18.9 Å². The summed E-state index contributed by atoms with van der Waals surface area (Å²) in [6.07, 6.45) is -3.42. The van der Waals surface area contributed by atoms with E-state index in [0.29, 0.717) is 0 Å². The summed E-state index contributed by atoms with van der Waals surface area (Å²) in [5.74, 6) is 0. The van der Waals surface area contributed by atoms with E-state index in [1.807, 2.05) is 0 Å². The summed E-state index contributed by atoms with van der Waals surface area (Å²) in [4.78, 5) is 0. The van der Waals surface area contributed by atoms with Gasteiger partial charge in [0.2, 0.25) is 7.60 Å². The van der Waals surface area contributed by atoms with Crippen LogP contribution in [0.2, 0.25) is 0 Å². The first kappa shape index (κ1) is 17.0. The maximum Gasteiger partial charge on any atom is 1.00 e. The minimum atomic E-state index is -4.32. The van der Waals surface area contributed by atoms with Crippen LogP contribution in [0.25, 0.3) is 0 Å². The molecular weight excluding hydrogens is 208 g/mol. The van der Waals surface area contributed by atoms with Crippen LogP contribution in [0.4, 0.5) is 8.78 Å². The molecule has 0 spiro atoms. The predicted octanol–water partition coefficient (Wildman–Crippen LogP) is 0.419. The first-order valence-corrected chi connectivity index (χ1v) is 5.47. The van der Waals surface area contributed by atoms with E-state index in [1.165, 1.54) is 27.7 Å². The Balaban J connectivity index is 0. The van der Waals surface area contributed by atoms with E-state index in [4.69, 9.17) is 0 Å². The summed E-state index contributed by atoms with van der Waals surface area (Å²) in [6.45, 7) is 6.05. The van der Waals surface area contributed by atoms with Crippen LogP contribution < -0.4 is 18.9 Å². The monoisotopic (exact) mass is 222 g/mol. The van der Waals surface area contributed by atoms with Crippen molar-refractivity contribution in [2.45, 2.75) is 39.9 Å². The molecule has 0 N–H and O–H groups in total. The molecule has 3 nitrogen and oxygen atoms in total. The molecule has 0 atom stereocenters. The van der Waals surface area contributed by atoms with Crippen molar-refractivity contribution in [2.24, 2.45) is 0 Å². The fourth-order valence-electron chi connectivity index (χ4n) is 0.660. The Morgan fingerprint density at radius 3 is 1.50 bits per heavy atom. The average molecular weight is 222 g/mol. The third-order valence-corrected chi connectivity index (χ3v) is 2.72.